The minimum absolute atomic E-state index is 0.347. The molecule has 0 aliphatic rings. The fraction of sp³-hybridized carbons (Fsp3) is 0.0714. The van der Waals surface area contributed by atoms with E-state index in [0.29, 0.717) is 5.56 Å². The first kappa shape index (κ1) is 13.3. The molecule has 0 heterocycles. The van der Waals surface area contributed by atoms with Gasteiger partial charge in [-0.15, -0.1) is 0 Å². The van der Waals surface area contributed by atoms with Gasteiger partial charge in [-0.3, -0.25) is 0 Å². The monoisotopic (exact) mass is 322 g/mol. The van der Waals surface area contributed by atoms with Gasteiger partial charge in [0.25, 0.3) is 0 Å². The van der Waals surface area contributed by atoms with E-state index in [2.05, 4.69) is 15.9 Å². The Morgan fingerprint density at radius 2 is 1.78 bits per heavy atom. The SMILES string of the molecule is O=C(OP)c1ccccc1-c1ccc(CBr)cc1. The van der Waals surface area contributed by atoms with Gasteiger partial charge in [0, 0.05) is 5.33 Å². The lowest BCUT2D eigenvalue weighted by Crippen LogP contribution is -2.00. The van der Waals surface area contributed by atoms with Crippen LogP contribution in [0, 0.1) is 0 Å². The van der Waals surface area contributed by atoms with Crippen molar-refractivity contribution in [3.05, 3.63) is 59.7 Å². The van der Waals surface area contributed by atoms with Crippen molar-refractivity contribution in [2.24, 2.45) is 0 Å². The fourth-order valence-corrected chi connectivity index (χ4v) is 2.25. The first-order valence-corrected chi connectivity index (χ1v) is 7.01. The van der Waals surface area contributed by atoms with Gasteiger partial charge in [-0.1, -0.05) is 58.4 Å². The van der Waals surface area contributed by atoms with Gasteiger partial charge in [-0.2, -0.15) is 0 Å². The molecule has 4 heteroatoms. The number of benzene rings is 2. The Bertz CT molecular complexity index is 552. The van der Waals surface area contributed by atoms with Gasteiger partial charge in [0.15, 0.2) is 0 Å². The molecule has 2 nitrogen and oxygen atoms in total. The average Bonchev–Trinajstić information content (AvgIpc) is 2.46. The lowest BCUT2D eigenvalue weighted by molar-refractivity contribution is 0.0766. The molecule has 1 unspecified atom stereocenters. The molecule has 0 amide bonds. The molecule has 0 aliphatic carbocycles. The van der Waals surface area contributed by atoms with E-state index in [1.54, 1.807) is 6.07 Å². The molecule has 92 valence electrons. The first-order chi connectivity index (χ1) is 8.76. The standard InChI is InChI=1S/C14H12BrO2P/c15-9-10-5-7-11(8-6-10)12-3-1-2-4-13(12)14(16)17-18/h1-8H,9,18H2. The van der Waals surface area contributed by atoms with Gasteiger partial charge >= 0.3 is 5.97 Å². The van der Waals surface area contributed by atoms with Crippen LogP contribution >= 0.6 is 25.4 Å². The maximum atomic E-state index is 11.7. The van der Waals surface area contributed by atoms with E-state index in [4.69, 9.17) is 4.52 Å². The molecule has 0 saturated carbocycles. The van der Waals surface area contributed by atoms with Crippen molar-refractivity contribution < 1.29 is 9.32 Å². The number of halogens is 1. The molecule has 0 radical (unpaired) electrons. The third-order valence-corrected chi connectivity index (χ3v) is 3.53. The Morgan fingerprint density at radius 1 is 1.11 bits per heavy atom. The molecule has 0 bridgehead atoms. The summed E-state index contributed by atoms with van der Waals surface area (Å²) in [6.07, 6.45) is 0. The molecule has 0 spiro atoms. The highest BCUT2D eigenvalue weighted by molar-refractivity contribution is 9.08. The Labute approximate surface area is 117 Å². The summed E-state index contributed by atoms with van der Waals surface area (Å²) in [5.41, 5.74) is 3.65. The molecule has 1 atom stereocenters. The number of hydrogen-bond donors (Lipinski definition) is 0. The maximum Gasteiger partial charge on any atom is 0.340 e. The van der Waals surface area contributed by atoms with Crippen LogP contribution in [-0.4, -0.2) is 5.97 Å². The van der Waals surface area contributed by atoms with Crippen molar-refractivity contribution in [2.75, 3.05) is 0 Å². The second kappa shape index (κ2) is 6.12. The zero-order valence-corrected chi connectivity index (χ0v) is 12.3. The highest BCUT2D eigenvalue weighted by Gasteiger charge is 2.12. The Balaban J connectivity index is 2.46. The summed E-state index contributed by atoms with van der Waals surface area (Å²) in [6.45, 7) is 0. The van der Waals surface area contributed by atoms with Crippen LogP contribution in [0.15, 0.2) is 48.5 Å². The van der Waals surface area contributed by atoms with Crippen molar-refractivity contribution in [3.8, 4) is 11.1 Å². The van der Waals surface area contributed by atoms with Crippen LogP contribution in [0.5, 0.6) is 0 Å². The predicted octanol–water partition coefficient (Wildman–Crippen LogP) is 4.20. The average molecular weight is 323 g/mol. The molecular formula is C14H12BrO2P. The maximum absolute atomic E-state index is 11.7. The summed E-state index contributed by atoms with van der Waals surface area (Å²) < 4.78 is 4.71. The Kier molecular flexibility index (Phi) is 4.51. The summed E-state index contributed by atoms with van der Waals surface area (Å²) in [7, 11) is 1.99. The number of carbonyl (C=O) groups excluding carboxylic acids is 1. The number of carbonyl (C=O) groups is 1. The molecule has 0 N–H and O–H groups in total. The van der Waals surface area contributed by atoms with Crippen LogP contribution in [0.2, 0.25) is 0 Å². The van der Waals surface area contributed by atoms with E-state index < -0.39 is 0 Å². The molecule has 0 aromatic heterocycles. The van der Waals surface area contributed by atoms with Gasteiger partial charge < -0.3 is 4.52 Å². The van der Waals surface area contributed by atoms with Crippen LogP contribution in [0.1, 0.15) is 15.9 Å². The predicted molar refractivity (Wildman–Crippen MR) is 79.6 cm³/mol. The summed E-state index contributed by atoms with van der Waals surface area (Å²) in [5.74, 6) is -0.347. The minimum Gasteiger partial charge on any atom is -0.448 e. The van der Waals surface area contributed by atoms with Crippen LogP contribution < -0.4 is 0 Å². The molecule has 2 aromatic carbocycles. The smallest absolute Gasteiger partial charge is 0.340 e. The van der Waals surface area contributed by atoms with Crippen molar-refractivity contribution in [1.29, 1.82) is 0 Å². The van der Waals surface area contributed by atoms with Crippen LogP contribution in [0.25, 0.3) is 11.1 Å². The molecular weight excluding hydrogens is 311 g/mol. The highest BCUT2D eigenvalue weighted by atomic mass is 79.9. The third-order valence-electron chi connectivity index (χ3n) is 2.67. The largest absolute Gasteiger partial charge is 0.448 e. The lowest BCUT2D eigenvalue weighted by Gasteiger charge is -2.08. The van der Waals surface area contributed by atoms with Crippen LogP contribution in [-0.2, 0) is 9.85 Å². The molecule has 18 heavy (non-hydrogen) atoms. The Morgan fingerprint density at radius 3 is 2.39 bits per heavy atom. The molecule has 0 saturated heterocycles. The second-order valence-corrected chi connectivity index (χ2v) is 4.58. The lowest BCUT2D eigenvalue weighted by atomic mass is 9.99. The van der Waals surface area contributed by atoms with Gasteiger partial charge in [-0.05, 0) is 22.8 Å². The minimum atomic E-state index is -0.347. The third kappa shape index (κ3) is 2.80. The zero-order valence-electron chi connectivity index (χ0n) is 9.60. The van der Waals surface area contributed by atoms with Crippen molar-refractivity contribution in [3.63, 3.8) is 0 Å². The fourth-order valence-electron chi connectivity index (χ4n) is 1.75. The van der Waals surface area contributed by atoms with Crippen molar-refractivity contribution >= 4 is 31.4 Å². The van der Waals surface area contributed by atoms with Crippen LogP contribution in [0.4, 0.5) is 0 Å². The van der Waals surface area contributed by atoms with E-state index in [1.807, 2.05) is 51.9 Å². The number of hydrogen-bond acceptors (Lipinski definition) is 2. The quantitative estimate of drug-likeness (QED) is 0.625. The zero-order chi connectivity index (χ0) is 13.0. The topological polar surface area (TPSA) is 26.3 Å². The van der Waals surface area contributed by atoms with Crippen molar-refractivity contribution in [1.82, 2.24) is 0 Å². The summed E-state index contributed by atoms with van der Waals surface area (Å²) in [6, 6.07) is 15.5. The molecule has 0 fully saturated rings. The second-order valence-electron chi connectivity index (χ2n) is 3.78. The van der Waals surface area contributed by atoms with E-state index in [9.17, 15) is 4.79 Å². The summed E-state index contributed by atoms with van der Waals surface area (Å²) in [4.78, 5) is 11.7. The summed E-state index contributed by atoms with van der Waals surface area (Å²) >= 11 is 3.41. The highest BCUT2D eigenvalue weighted by Crippen LogP contribution is 2.25. The van der Waals surface area contributed by atoms with E-state index >= 15 is 0 Å². The number of alkyl halides is 1. The van der Waals surface area contributed by atoms with E-state index in [1.165, 1.54) is 5.56 Å². The molecule has 2 rings (SSSR count). The van der Waals surface area contributed by atoms with Crippen LogP contribution in [0.3, 0.4) is 0 Å². The summed E-state index contributed by atoms with van der Waals surface area (Å²) in [5, 5.41) is 0.822. The van der Waals surface area contributed by atoms with Gasteiger partial charge in [0.1, 0.15) is 0 Å². The Hall–Kier alpha value is -1.18. The van der Waals surface area contributed by atoms with E-state index in [-0.39, 0.29) is 5.97 Å². The number of rotatable bonds is 3. The molecule has 2 aromatic rings. The first-order valence-electron chi connectivity index (χ1n) is 5.41. The van der Waals surface area contributed by atoms with Gasteiger partial charge in [0.05, 0.1) is 15.0 Å². The molecule has 0 aliphatic heterocycles. The van der Waals surface area contributed by atoms with E-state index in [0.717, 1.165) is 16.5 Å². The van der Waals surface area contributed by atoms with Gasteiger partial charge in [-0.25, -0.2) is 4.79 Å². The normalized spacial score (nSPS) is 10.1. The van der Waals surface area contributed by atoms with Gasteiger partial charge in [0.2, 0.25) is 0 Å². The van der Waals surface area contributed by atoms with Crippen molar-refractivity contribution in [2.45, 2.75) is 5.33 Å².